The van der Waals surface area contributed by atoms with Crippen molar-refractivity contribution in [3.8, 4) is 0 Å². The van der Waals surface area contributed by atoms with Crippen molar-refractivity contribution in [3.05, 3.63) is 35.9 Å². The Labute approximate surface area is 177 Å². The van der Waals surface area contributed by atoms with Crippen LogP contribution in [-0.2, 0) is 20.9 Å². The number of aliphatic hydroxyl groups excluding tert-OH is 1. The Morgan fingerprint density at radius 1 is 1.34 bits per heavy atom. The molecule has 1 saturated heterocycles. The molecule has 3 atom stereocenters. The Morgan fingerprint density at radius 2 is 2.10 bits per heavy atom. The van der Waals surface area contributed by atoms with E-state index >= 15 is 0 Å². The minimum Gasteiger partial charge on any atom is -0.395 e. The molecule has 29 heavy (non-hydrogen) atoms. The van der Waals surface area contributed by atoms with Gasteiger partial charge in [0, 0.05) is 32.2 Å². The van der Waals surface area contributed by atoms with Crippen molar-refractivity contribution in [1.82, 2.24) is 15.1 Å². The number of hydrogen-bond donors (Lipinski definition) is 2. The Hall–Kier alpha value is -2.03. The zero-order valence-electron chi connectivity index (χ0n) is 16.8. The maximum Gasteiger partial charge on any atom is 0.233 e. The highest BCUT2D eigenvalue weighted by Crippen LogP contribution is 2.34. The van der Waals surface area contributed by atoms with Gasteiger partial charge < -0.3 is 20.1 Å². The van der Waals surface area contributed by atoms with Crippen molar-refractivity contribution in [2.24, 2.45) is 11.8 Å². The van der Waals surface area contributed by atoms with Crippen LogP contribution in [0.4, 0.5) is 0 Å². The molecule has 2 aliphatic rings. The second kappa shape index (κ2) is 10.1. The van der Waals surface area contributed by atoms with Crippen molar-refractivity contribution in [2.45, 2.75) is 31.8 Å². The van der Waals surface area contributed by atoms with Gasteiger partial charge in [0.25, 0.3) is 0 Å². The van der Waals surface area contributed by atoms with E-state index < -0.39 is 0 Å². The first kappa shape index (κ1) is 21.7. The summed E-state index contributed by atoms with van der Waals surface area (Å²) in [6.45, 7) is 1.57. The van der Waals surface area contributed by atoms with E-state index in [1.54, 1.807) is 16.9 Å². The van der Waals surface area contributed by atoms with E-state index in [-0.39, 0.29) is 36.3 Å². The molecule has 3 rings (SSSR count). The number of aliphatic hydroxyl groups is 1. The minimum atomic E-state index is -0.180. The topological polar surface area (TPSA) is 82.1 Å². The number of amides is 2. The molecular weight excluding hydrogens is 390 g/mol. The molecule has 8 heteroatoms. The number of benzene rings is 1. The predicted octanol–water partition coefficient (Wildman–Crippen LogP) is 1.16. The van der Waals surface area contributed by atoms with E-state index in [9.17, 15) is 14.7 Å². The van der Waals surface area contributed by atoms with Crippen molar-refractivity contribution in [3.63, 3.8) is 0 Å². The quantitative estimate of drug-likeness (QED) is 0.616. The molecule has 2 N–H and O–H groups in total. The molecule has 3 unspecified atom stereocenters. The zero-order valence-corrected chi connectivity index (χ0v) is 17.6. The number of ether oxygens (including phenoxy) is 1. The summed E-state index contributed by atoms with van der Waals surface area (Å²) < 4.78 is 5.07. The lowest BCUT2D eigenvalue weighted by atomic mass is 9.76. The van der Waals surface area contributed by atoms with Gasteiger partial charge in [-0.1, -0.05) is 30.3 Å². The number of nitrogens with one attached hydrogen (secondary N) is 1. The average Bonchev–Trinajstić information content (AvgIpc) is 2.73. The van der Waals surface area contributed by atoms with Gasteiger partial charge in [-0.15, -0.1) is 0 Å². The van der Waals surface area contributed by atoms with E-state index in [1.165, 1.54) is 0 Å². The molecule has 0 bridgehead atoms. The van der Waals surface area contributed by atoms with E-state index in [0.717, 1.165) is 5.56 Å². The Balaban J connectivity index is 1.65. The molecule has 1 aromatic carbocycles. The summed E-state index contributed by atoms with van der Waals surface area (Å²) in [6.07, 6.45) is 1.89. The van der Waals surface area contributed by atoms with E-state index in [4.69, 9.17) is 17.0 Å². The zero-order chi connectivity index (χ0) is 20.8. The largest absolute Gasteiger partial charge is 0.395 e. The van der Waals surface area contributed by atoms with Gasteiger partial charge in [-0.3, -0.25) is 14.5 Å². The van der Waals surface area contributed by atoms with Crippen LogP contribution in [0.1, 0.15) is 24.8 Å². The average molecular weight is 420 g/mol. The monoisotopic (exact) mass is 419 g/mol. The van der Waals surface area contributed by atoms with Gasteiger partial charge in [0.05, 0.1) is 25.7 Å². The molecule has 1 heterocycles. The van der Waals surface area contributed by atoms with Crippen molar-refractivity contribution in [2.75, 3.05) is 33.4 Å². The van der Waals surface area contributed by atoms with Gasteiger partial charge in [0.2, 0.25) is 11.8 Å². The molecule has 1 aromatic rings. The lowest BCUT2D eigenvalue weighted by Crippen LogP contribution is -2.62. The van der Waals surface area contributed by atoms with Crippen LogP contribution in [0.3, 0.4) is 0 Å². The number of methoxy groups -OCH3 is 1. The lowest BCUT2D eigenvalue weighted by Gasteiger charge is -2.44. The van der Waals surface area contributed by atoms with Crippen LogP contribution in [-0.4, -0.2) is 71.3 Å². The molecule has 1 saturated carbocycles. The fraction of sp³-hybridized carbons (Fsp3) is 0.571. The van der Waals surface area contributed by atoms with Crippen LogP contribution in [0.25, 0.3) is 0 Å². The number of nitrogens with zero attached hydrogens (tertiary/aromatic N) is 2. The molecule has 0 aromatic heterocycles. The van der Waals surface area contributed by atoms with Gasteiger partial charge in [-0.25, -0.2) is 0 Å². The molecule has 2 amide bonds. The summed E-state index contributed by atoms with van der Waals surface area (Å²) in [7, 11) is 1.60. The first-order valence-electron chi connectivity index (χ1n) is 10.1. The molecule has 1 aliphatic carbocycles. The van der Waals surface area contributed by atoms with Crippen molar-refractivity contribution >= 4 is 29.1 Å². The maximum absolute atomic E-state index is 13.2. The third kappa shape index (κ3) is 5.12. The molecular formula is C21H29N3O4S. The van der Waals surface area contributed by atoms with E-state index in [0.29, 0.717) is 50.6 Å². The van der Waals surface area contributed by atoms with Gasteiger partial charge in [0.15, 0.2) is 5.11 Å². The van der Waals surface area contributed by atoms with Gasteiger partial charge >= 0.3 is 0 Å². The fourth-order valence-corrected chi connectivity index (χ4v) is 4.56. The Morgan fingerprint density at radius 3 is 2.79 bits per heavy atom. The summed E-state index contributed by atoms with van der Waals surface area (Å²) in [6, 6.07) is 9.65. The highest BCUT2D eigenvalue weighted by Gasteiger charge is 2.44. The summed E-state index contributed by atoms with van der Waals surface area (Å²) in [5, 5.41) is 13.1. The van der Waals surface area contributed by atoms with Gasteiger partial charge in [0.1, 0.15) is 0 Å². The van der Waals surface area contributed by atoms with E-state index in [2.05, 4.69) is 5.32 Å². The second-order valence-corrected chi connectivity index (χ2v) is 8.01. The van der Waals surface area contributed by atoms with Gasteiger partial charge in [-0.2, -0.15) is 0 Å². The summed E-state index contributed by atoms with van der Waals surface area (Å²) in [5.41, 5.74) is 1.03. The van der Waals surface area contributed by atoms with Gasteiger partial charge in [-0.05, 0) is 37.0 Å². The maximum atomic E-state index is 13.2. The number of hydrogen-bond acceptors (Lipinski definition) is 5. The number of fused-ring (bicyclic) bond motifs is 1. The first-order chi connectivity index (χ1) is 14.0. The Bertz CT molecular complexity index is 730. The summed E-state index contributed by atoms with van der Waals surface area (Å²) in [5.74, 6) is -0.287. The van der Waals surface area contributed by atoms with Crippen LogP contribution in [0.5, 0.6) is 0 Å². The lowest BCUT2D eigenvalue weighted by molar-refractivity contribution is -0.142. The van der Waals surface area contributed by atoms with Crippen LogP contribution in [0.15, 0.2) is 30.3 Å². The molecule has 1 aliphatic heterocycles. The molecule has 158 valence electrons. The van der Waals surface area contributed by atoms with Crippen LogP contribution in [0, 0.1) is 11.8 Å². The van der Waals surface area contributed by atoms with Crippen molar-refractivity contribution < 1.29 is 19.4 Å². The SMILES string of the molecule is COCCN1C(=O)C2CCC(C(=O)N(CCO)Cc3ccccc3)CC2NC1=S. The van der Waals surface area contributed by atoms with Crippen molar-refractivity contribution in [1.29, 1.82) is 0 Å². The molecule has 0 radical (unpaired) electrons. The first-order valence-corrected chi connectivity index (χ1v) is 10.5. The highest BCUT2D eigenvalue weighted by atomic mass is 32.1. The van der Waals surface area contributed by atoms with Crippen LogP contribution >= 0.6 is 12.2 Å². The minimum absolute atomic E-state index is 0.0261. The molecule has 0 spiro atoms. The second-order valence-electron chi connectivity index (χ2n) is 7.62. The number of carbonyl (C=O) groups is 2. The number of carbonyl (C=O) groups excluding carboxylic acids is 2. The van der Waals surface area contributed by atoms with Crippen LogP contribution in [0.2, 0.25) is 0 Å². The third-order valence-corrected chi connectivity index (χ3v) is 6.09. The smallest absolute Gasteiger partial charge is 0.233 e. The van der Waals surface area contributed by atoms with Crippen LogP contribution < -0.4 is 5.32 Å². The third-order valence-electron chi connectivity index (χ3n) is 5.75. The van der Waals surface area contributed by atoms with E-state index in [1.807, 2.05) is 30.3 Å². The number of rotatable bonds is 8. The molecule has 7 nitrogen and oxygen atoms in total. The normalized spacial score (nSPS) is 24.1. The molecule has 2 fully saturated rings. The highest BCUT2D eigenvalue weighted by molar-refractivity contribution is 7.80. The fourth-order valence-electron chi connectivity index (χ4n) is 4.23. The Kier molecular flexibility index (Phi) is 7.57. The summed E-state index contributed by atoms with van der Waals surface area (Å²) in [4.78, 5) is 29.3. The number of thiocarbonyl (C=S) groups is 1. The standard InChI is InChI=1S/C21H29N3O4S/c1-28-12-10-24-20(27)17-8-7-16(13-18(17)22-21(24)29)19(26)23(9-11-25)14-15-5-3-2-4-6-15/h2-6,16-18,25H,7-14H2,1H3,(H,22,29). The summed E-state index contributed by atoms with van der Waals surface area (Å²) >= 11 is 5.38. The predicted molar refractivity (Wildman–Crippen MR) is 113 cm³/mol.